The van der Waals surface area contributed by atoms with Gasteiger partial charge in [0.15, 0.2) is 0 Å². The molecule has 3 rings (SSSR count). The van der Waals surface area contributed by atoms with Crippen LogP contribution in [0.25, 0.3) is 16.6 Å². The van der Waals surface area contributed by atoms with E-state index in [1.54, 1.807) is 36.5 Å². The van der Waals surface area contributed by atoms with Gasteiger partial charge in [-0.25, -0.2) is 9.37 Å². The van der Waals surface area contributed by atoms with E-state index < -0.39 is 0 Å². The third kappa shape index (κ3) is 3.33. The number of pyridine rings is 1. The van der Waals surface area contributed by atoms with Crippen LogP contribution >= 0.6 is 12.4 Å². The highest BCUT2D eigenvalue weighted by Gasteiger charge is 2.07. The van der Waals surface area contributed by atoms with E-state index in [0.29, 0.717) is 34.2 Å². The number of nitrogens with zero attached hydrogens (tertiary/aromatic N) is 2. The van der Waals surface area contributed by atoms with Crippen molar-refractivity contribution in [2.24, 2.45) is 5.73 Å². The van der Waals surface area contributed by atoms with Crippen LogP contribution in [0.4, 0.5) is 4.39 Å². The molecule has 0 amide bonds. The van der Waals surface area contributed by atoms with Crippen LogP contribution in [0.1, 0.15) is 0 Å². The van der Waals surface area contributed by atoms with E-state index in [4.69, 9.17) is 10.5 Å². The summed E-state index contributed by atoms with van der Waals surface area (Å²) in [6.07, 6.45) is 2.10. The molecule has 1 aromatic carbocycles. The summed E-state index contributed by atoms with van der Waals surface area (Å²) in [5.74, 6) is 0.468. The Morgan fingerprint density at radius 1 is 1.35 bits per heavy atom. The van der Waals surface area contributed by atoms with Crippen LogP contribution in [0.5, 0.6) is 5.75 Å². The van der Waals surface area contributed by atoms with Crippen molar-refractivity contribution in [2.75, 3.05) is 13.2 Å². The molecule has 0 saturated heterocycles. The minimum atomic E-state index is -0.175. The highest BCUT2D eigenvalue weighted by molar-refractivity contribution is 5.85. The summed E-state index contributed by atoms with van der Waals surface area (Å²) in [5, 5.41) is 0.444. The lowest BCUT2D eigenvalue weighted by molar-refractivity contribution is 0.348. The van der Waals surface area contributed by atoms with Crippen molar-refractivity contribution >= 4 is 29.0 Å². The molecule has 7 heteroatoms. The minimum Gasteiger partial charge on any atom is -0.489 e. The molecule has 0 unspecified atom stereocenters. The minimum absolute atomic E-state index is 0. The van der Waals surface area contributed by atoms with E-state index in [0.717, 1.165) is 0 Å². The van der Waals surface area contributed by atoms with Gasteiger partial charge in [0, 0.05) is 18.3 Å². The predicted octanol–water partition coefficient (Wildman–Crippen LogP) is 2.46. The topological polar surface area (TPSA) is 69.6 Å². The fourth-order valence-corrected chi connectivity index (χ4v) is 2.13. The number of halogens is 2. The lowest BCUT2D eigenvalue weighted by Gasteiger charge is -2.08. The molecule has 0 aliphatic heterocycles. The second-order valence-corrected chi connectivity index (χ2v) is 4.78. The molecule has 0 bridgehead atoms. The number of ether oxygens (including phenoxy) is 1. The first kappa shape index (κ1) is 16.9. The van der Waals surface area contributed by atoms with Crippen molar-refractivity contribution in [1.82, 2.24) is 9.38 Å². The smallest absolute Gasteiger partial charge is 0.265 e. The average molecular weight is 336 g/mol. The van der Waals surface area contributed by atoms with E-state index >= 15 is 0 Å². The summed E-state index contributed by atoms with van der Waals surface area (Å²) in [6, 6.07) is 10.4. The van der Waals surface area contributed by atoms with Crippen molar-refractivity contribution in [3.63, 3.8) is 0 Å². The summed E-state index contributed by atoms with van der Waals surface area (Å²) in [4.78, 5) is 16.9. The summed E-state index contributed by atoms with van der Waals surface area (Å²) in [5.41, 5.74) is 6.71. The van der Waals surface area contributed by atoms with Crippen molar-refractivity contribution in [1.29, 1.82) is 0 Å². The summed E-state index contributed by atoms with van der Waals surface area (Å²) in [7, 11) is 0. The van der Waals surface area contributed by atoms with Crippen LogP contribution in [0.2, 0.25) is 0 Å². The van der Waals surface area contributed by atoms with Gasteiger partial charge < -0.3 is 10.5 Å². The monoisotopic (exact) mass is 335 g/mol. The van der Waals surface area contributed by atoms with Crippen molar-refractivity contribution < 1.29 is 9.13 Å². The SMILES string of the molecule is Cl.NC/C(=C\F)COc1ccc2nc3ccccn3c(=O)c2c1. The number of hydrogen-bond acceptors (Lipinski definition) is 4. The van der Waals surface area contributed by atoms with Gasteiger partial charge in [0.2, 0.25) is 0 Å². The second kappa shape index (κ2) is 7.21. The maximum atomic E-state index is 12.5. The molecule has 23 heavy (non-hydrogen) atoms. The third-order valence-corrected chi connectivity index (χ3v) is 3.33. The molecule has 3 aromatic rings. The molecule has 2 heterocycles. The number of benzene rings is 1. The summed E-state index contributed by atoms with van der Waals surface area (Å²) in [6.45, 7) is 0.125. The average Bonchev–Trinajstić information content (AvgIpc) is 2.56. The molecule has 0 aliphatic carbocycles. The molecular weight excluding hydrogens is 321 g/mol. The quantitative estimate of drug-likeness (QED) is 0.744. The van der Waals surface area contributed by atoms with Gasteiger partial charge in [0.25, 0.3) is 5.56 Å². The van der Waals surface area contributed by atoms with Crippen molar-refractivity contribution in [3.8, 4) is 5.75 Å². The molecule has 5 nitrogen and oxygen atoms in total. The number of hydrogen-bond donors (Lipinski definition) is 1. The number of fused-ring (bicyclic) bond motifs is 2. The molecule has 0 aliphatic rings. The Labute approximate surface area is 137 Å². The van der Waals surface area contributed by atoms with Crippen LogP contribution in [0.15, 0.2) is 59.3 Å². The van der Waals surface area contributed by atoms with Crippen molar-refractivity contribution in [2.45, 2.75) is 0 Å². The maximum Gasteiger partial charge on any atom is 0.265 e. The molecule has 0 saturated carbocycles. The summed E-state index contributed by atoms with van der Waals surface area (Å²) < 4.78 is 19.4. The fraction of sp³-hybridized carbons (Fsp3) is 0.125. The molecule has 0 fully saturated rings. The Kier molecular flexibility index (Phi) is 5.31. The first-order chi connectivity index (χ1) is 10.7. The Hall–Kier alpha value is -2.44. The zero-order valence-electron chi connectivity index (χ0n) is 12.1. The van der Waals surface area contributed by atoms with Crippen LogP contribution in [-0.2, 0) is 0 Å². The first-order valence-electron chi connectivity index (χ1n) is 6.75. The number of rotatable bonds is 4. The zero-order valence-corrected chi connectivity index (χ0v) is 12.9. The maximum absolute atomic E-state index is 12.5. The first-order valence-corrected chi connectivity index (χ1v) is 6.75. The van der Waals surface area contributed by atoms with Gasteiger partial charge in [-0.05, 0) is 30.3 Å². The molecule has 0 spiro atoms. The predicted molar refractivity (Wildman–Crippen MR) is 90.0 cm³/mol. The van der Waals surface area contributed by atoms with E-state index in [-0.39, 0.29) is 31.1 Å². The van der Waals surface area contributed by atoms with Gasteiger partial charge in [-0.1, -0.05) is 6.07 Å². The molecule has 2 aromatic heterocycles. The van der Waals surface area contributed by atoms with Gasteiger partial charge in [-0.3, -0.25) is 9.20 Å². The molecule has 0 radical (unpaired) electrons. The Morgan fingerprint density at radius 3 is 2.91 bits per heavy atom. The fourth-order valence-electron chi connectivity index (χ4n) is 2.13. The van der Waals surface area contributed by atoms with Crippen LogP contribution in [0.3, 0.4) is 0 Å². The number of aromatic nitrogens is 2. The largest absolute Gasteiger partial charge is 0.489 e. The third-order valence-electron chi connectivity index (χ3n) is 3.33. The lowest BCUT2D eigenvalue weighted by atomic mass is 10.2. The van der Waals surface area contributed by atoms with Crippen LogP contribution < -0.4 is 16.0 Å². The van der Waals surface area contributed by atoms with Crippen LogP contribution in [0, 0.1) is 0 Å². The lowest BCUT2D eigenvalue weighted by Crippen LogP contribution is -2.15. The van der Waals surface area contributed by atoms with Crippen LogP contribution in [-0.4, -0.2) is 22.5 Å². The van der Waals surface area contributed by atoms with Gasteiger partial charge in [-0.15, -0.1) is 12.4 Å². The van der Waals surface area contributed by atoms with Crippen molar-refractivity contribution in [3.05, 3.63) is 64.9 Å². The van der Waals surface area contributed by atoms with E-state index in [9.17, 15) is 9.18 Å². The highest BCUT2D eigenvalue weighted by atomic mass is 35.5. The van der Waals surface area contributed by atoms with E-state index in [1.807, 2.05) is 6.07 Å². The van der Waals surface area contributed by atoms with E-state index in [1.165, 1.54) is 4.40 Å². The van der Waals surface area contributed by atoms with Gasteiger partial charge in [0.1, 0.15) is 18.0 Å². The Morgan fingerprint density at radius 2 is 2.17 bits per heavy atom. The molecule has 120 valence electrons. The molecular formula is C16H15ClFN3O2. The summed E-state index contributed by atoms with van der Waals surface area (Å²) >= 11 is 0. The molecule has 0 atom stereocenters. The van der Waals surface area contributed by atoms with E-state index in [2.05, 4.69) is 4.98 Å². The number of nitrogens with two attached hydrogens (primary N) is 1. The normalized spacial score (nSPS) is 11.5. The Bertz CT molecular complexity index is 924. The van der Waals surface area contributed by atoms with Gasteiger partial charge in [0.05, 0.1) is 17.2 Å². The van der Waals surface area contributed by atoms with Gasteiger partial charge in [-0.2, -0.15) is 0 Å². The highest BCUT2D eigenvalue weighted by Crippen LogP contribution is 2.18. The second-order valence-electron chi connectivity index (χ2n) is 4.78. The zero-order chi connectivity index (χ0) is 15.5. The Balaban J connectivity index is 0.00000192. The standard InChI is InChI=1S/C16H14FN3O2.ClH/c17-8-11(9-18)10-22-12-4-5-14-13(7-12)16(21)20-6-2-1-3-15(20)19-14;/h1-8H,9-10,18H2;1H/b11-8+;. The van der Waals surface area contributed by atoms with Gasteiger partial charge >= 0.3 is 0 Å². The molecule has 2 N–H and O–H groups in total.